The quantitative estimate of drug-likeness (QED) is 0.352. The van der Waals surface area contributed by atoms with Gasteiger partial charge in [0.15, 0.2) is 0 Å². The number of carbonyl (C=O) groups excluding carboxylic acids is 2. The topological polar surface area (TPSA) is 114 Å². The van der Waals surface area contributed by atoms with Gasteiger partial charge in [-0.2, -0.15) is 0 Å². The van der Waals surface area contributed by atoms with Crippen molar-refractivity contribution in [3.05, 3.63) is 29.8 Å². The predicted molar refractivity (Wildman–Crippen MR) is 126 cm³/mol. The zero-order valence-corrected chi connectivity index (χ0v) is 20.2. The van der Waals surface area contributed by atoms with Crippen molar-refractivity contribution >= 4 is 11.8 Å². The van der Waals surface area contributed by atoms with Crippen LogP contribution < -0.4 is 15.8 Å². The molecule has 8 nitrogen and oxygen atoms in total. The van der Waals surface area contributed by atoms with E-state index in [1.54, 1.807) is 26.3 Å². The Bertz CT molecular complexity index is 698. The summed E-state index contributed by atoms with van der Waals surface area (Å²) in [4.78, 5) is 25.7. The van der Waals surface area contributed by atoms with Crippen LogP contribution in [0.4, 0.5) is 0 Å². The molecule has 0 bridgehead atoms. The number of unbranched alkanes of at least 4 members (excludes halogenated alkanes) is 1. The highest BCUT2D eigenvalue weighted by molar-refractivity contribution is 5.96. The van der Waals surface area contributed by atoms with E-state index in [9.17, 15) is 14.7 Å². The second kappa shape index (κ2) is 14.8. The van der Waals surface area contributed by atoms with Crippen molar-refractivity contribution in [1.82, 2.24) is 10.2 Å². The molecule has 0 aromatic heterocycles. The van der Waals surface area contributed by atoms with Gasteiger partial charge in [0.1, 0.15) is 5.75 Å². The number of rotatable bonds is 15. The van der Waals surface area contributed by atoms with Gasteiger partial charge in [0.25, 0.3) is 5.91 Å². The van der Waals surface area contributed by atoms with Crippen molar-refractivity contribution in [3.8, 4) is 5.75 Å². The number of aliphatic hydroxyl groups is 1. The molecule has 2 amide bonds. The summed E-state index contributed by atoms with van der Waals surface area (Å²) >= 11 is 0. The lowest BCUT2D eigenvalue weighted by Crippen LogP contribution is -2.46. The normalized spacial score (nSPS) is 14.0. The number of nitrogens with zero attached hydrogens (tertiary/aromatic N) is 1. The largest absolute Gasteiger partial charge is 0.493 e. The first-order valence-electron chi connectivity index (χ1n) is 11.3. The standard InChI is InChI=1S/C24H41N3O5/c1-17(2)19(14-21(25)22(29)16-27(4)18(3)28)15-26-24(30)20-10-6-7-11-23(20)32-13-9-8-12-31-5/h6-7,10-11,17,19,21-22,29H,8-9,12-16,25H2,1-5H3,(H,26,30)/t19-,21+,22+/m1/s1. The summed E-state index contributed by atoms with van der Waals surface area (Å²) in [7, 11) is 3.30. The molecule has 3 atom stereocenters. The van der Waals surface area contributed by atoms with Crippen LogP contribution in [0.5, 0.6) is 5.75 Å². The molecule has 0 saturated heterocycles. The maximum Gasteiger partial charge on any atom is 0.255 e. The lowest BCUT2D eigenvalue weighted by Gasteiger charge is -2.29. The maximum absolute atomic E-state index is 12.8. The number of likely N-dealkylation sites (N-methyl/N-ethyl adjacent to an activating group) is 1. The molecular weight excluding hydrogens is 410 g/mol. The molecule has 1 rings (SSSR count). The zero-order valence-electron chi connectivity index (χ0n) is 20.2. The summed E-state index contributed by atoms with van der Waals surface area (Å²) in [5.41, 5.74) is 6.70. The van der Waals surface area contributed by atoms with E-state index < -0.39 is 12.1 Å². The number of nitrogens with two attached hydrogens (primary N) is 1. The van der Waals surface area contributed by atoms with E-state index in [-0.39, 0.29) is 30.2 Å². The van der Waals surface area contributed by atoms with Crippen molar-refractivity contribution in [3.63, 3.8) is 0 Å². The van der Waals surface area contributed by atoms with Gasteiger partial charge in [-0.15, -0.1) is 0 Å². The van der Waals surface area contributed by atoms with E-state index in [0.29, 0.717) is 37.5 Å². The Kier molecular flexibility index (Phi) is 12.9. The molecule has 0 radical (unpaired) electrons. The fraction of sp³-hybridized carbons (Fsp3) is 0.667. The van der Waals surface area contributed by atoms with Gasteiger partial charge in [0.2, 0.25) is 5.91 Å². The first kappa shape index (κ1) is 27.9. The first-order chi connectivity index (χ1) is 15.2. The number of carbonyl (C=O) groups is 2. The molecule has 0 unspecified atom stereocenters. The molecule has 0 aliphatic heterocycles. The van der Waals surface area contributed by atoms with Gasteiger partial charge in [-0.3, -0.25) is 9.59 Å². The van der Waals surface area contributed by atoms with Crippen LogP contribution in [0.3, 0.4) is 0 Å². The van der Waals surface area contributed by atoms with Gasteiger partial charge in [-0.25, -0.2) is 0 Å². The van der Waals surface area contributed by atoms with Crippen LogP contribution in [0, 0.1) is 11.8 Å². The van der Waals surface area contributed by atoms with Gasteiger partial charge in [-0.1, -0.05) is 26.0 Å². The van der Waals surface area contributed by atoms with Crippen LogP contribution >= 0.6 is 0 Å². The lowest BCUT2D eigenvalue weighted by molar-refractivity contribution is -0.129. The Labute approximate surface area is 192 Å². The average molecular weight is 452 g/mol. The molecule has 32 heavy (non-hydrogen) atoms. The molecule has 0 spiro atoms. The molecule has 182 valence electrons. The molecule has 4 N–H and O–H groups in total. The van der Waals surface area contributed by atoms with Gasteiger partial charge in [0, 0.05) is 46.8 Å². The van der Waals surface area contributed by atoms with E-state index in [1.165, 1.54) is 11.8 Å². The predicted octanol–water partition coefficient (Wildman–Crippen LogP) is 2.05. The summed E-state index contributed by atoms with van der Waals surface area (Å²) in [5.74, 6) is 0.569. The minimum absolute atomic E-state index is 0.0772. The summed E-state index contributed by atoms with van der Waals surface area (Å²) in [6.45, 7) is 7.40. The number of benzene rings is 1. The van der Waals surface area contributed by atoms with Crippen molar-refractivity contribution < 1.29 is 24.2 Å². The van der Waals surface area contributed by atoms with E-state index in [1.807, 2.05) is 12.1 Å². The molecule has 1 aromatic carbocycles. The maximum atomic E-state index is 12.8. The third-order valence-corrected chi connectivity index (χ3v) is 5.67. The Morgan fingerprint density at radius 1 is 1.19 bits per heavy atom. The van der Waals surface area contributed by atoms with E-state index in [0.717, 1.165) is 12.8 Å². The number of ether oxygens (including phenoxy) is 2. The second-order valence-corrected chi connectivity index (χ2v) is 8.63. The first-order valence-corrected chi connectivity index (χ1v) is 11.3. The molecular formula is C24H41N3O5. The van der Waals surface area contributed by atoms with Gasteiger partial charge in [-0.05, 0) is 43.2 Å². The molecule has 1 aromatic rings. The summed E-state index contributed by atoms with van der Waals surface area (Å²) in [6, 6.07) is 6.70. The smallest absolute Gasteiger partial charge is 0.255 e. The molecule has 0 fully saturated rings. The van der Waals surface area contributed by atoms with Crippen molar-refractivity contribution in [2.45, 2.75) is 52.2 Å². The number of methoxy groups -OCH3 is 1. The van der Waals surface area contributed by atoms with Crippen LogP contribution in [0.15, 0.2) is 24.3 Å². The number of nitrogens with one attached hydrogen (secondary N) is 1. The van der Waals surface area contributed by atoms with Gasteiger partial charge in [0.05, 0.1) is 18.3 Å². The van der Waals surface area contributed by atoms with E-state index in [4.69, 9.17) is 15.2 Å². The Morgan fingerprint density at radius 3 is 2.47 bits per heavy atom. The third kappa shape index (κ3) is 9.97. The van der Waals surface area contributed by atoms with Crippen LogP contribution in [0.25, 0.3) is 0 Å². The summed E-state index contributed by atoms with van der Waals surface area (Å²) in [5, 5.41) is 13.4. The number of hydrogen-bond acceptors (Lipinski definition) is 6. The number of amides is 2. The van der Waals surface area contributed by atoms with Crippen LogP contribution in [0.2, 0.25) is 0 Å². The Morgan fingerprint density at radius 2 is 1.84 bits per heavy atom. The Hall–Kier alpha value is -2.16. The van der Waals surface area contributed by atoms with Crippen LogP contribution in [-0.2, 0) is 9.53 Å². The minimum Gasteiger partial charge on any atom is -0.493 e. The van der Waals surface area contributed by atoms with Crippen LogP contribution in [-0.4, -0.2) is 74.4 Å². The highest BCUT2D eigenvalue weighted by Crippen LogP contribution is 2.20. The molecule has 8 heteroatoms. The molecule has 0 saturated carbocycles. The SMILES string of the molecule is COCCCCOc1ccccc1C(=O)NC[C@@H](C[C@H](N)[C@@H](O)CN(C)C(C)=O)C(C)C. The molecule has 0 aliphatic carbocycles. The van der Waals surface area contributed by atoms with Gasteiger partial charge < -0.3 is 30.5 Å². The van der Waals surface area contributed by atoms with E-state index >= 15 is 0 Å². The fourth-order valence-corrected chi connectivity index (χ4v) is 3.27. The number of hydrogen-bond donors (Lipinski definition) is 3. The lowest BCUT2D eigenvalue weighted by atomic mass is 9.87. The van der Waals surface area contributed by atoms with Crippen molar-refractivity contribution in [2.24, 2.45) is 17.6 Å². The monoisotopic (exact) mass is 451 g/mol. The van der Waals surface area contributed by atoms with Crippen molar-refractivity contribution in [2.75, 3.05) is 40.5 Å². The number of aliphatic hydroxyl groups excluding tert-OH is 1. The second-order valence-electron chi connectivity index (χ2n) is 8.63. The minimum atomic E-state index is -0.826. The van der Waals surface area contributed by atoms with E-state index in [2.05, 4.69) is 19.2 Å². The summed E-state index contributed by atoms with van der Waals surface area (Å²) in [6.07, 6.45) is 1.45. The third-order valence-electron chi connectivity index (χ3n) is 5.67. The van der Waals surface area contributed by atoms with Crippen LogP contribution in [0.1, 0.15) is 50.4 Å². The highest BCUT2D eigenvalue weighted by Gasteiger charge is 2.24. The zero-order chi connectivity index (χ0) is 24.1. The molecule has 0 heterocycles. The average Bonchev–Trinajstić information content (AvgIpc) is 2.75. The molecule has 0 aliphatic rings. The van der Waals surface area contributed by atoms with Gasteiger partial charge >= 0.3 is 0 Å². The highest BCUT2D eigenvalue weighted by atomic mass is 16.5. The fourth-order valence-electron chi connectivity index (χ4n) is 3.27. The summed E-state index contributed by atoms with van der Waals surface area (Å²) < 4.78 is 10.8. The van der Waals surface area contributed by atoms with Crippen molar-refractivity contribution in [1.29, 1.82) is 0 Å². The number of para-hydroxylation sites is 1. The Balaban J connectivity index is 2.65.